The van der Waals surface area contributed by atoms with Crippen molar-refractivity contribution in [3.8, 4) is 6.07 Å². The van der Waals surface area contributed by atoms with Gasteiger partial charge in [0, 0.05) is 16.9 Å². The summed E-state index contributed by atoms with van der Waals surface area (Å²) in [5, 5.41) is 6.57. The van der Waals surface area contributed by atoms with E-state index >= 15 is 0 Å². The molecule has 0 bridgehead atoms. The summed E-state index contributed by atoms with van der Waals surface area (Å²) in [4.78, 5) is 0.487. The van der Waals surface area contributed by atoms with Crippen molar-refractivity contribution in [2.75, 3.05) is 0 Å². The first kappa shape index (κ1) is 8.63. The Hall–Kier alpha value is -0.460. The third kappa shape index (κ3) is 1.98. The molecule has 0 heterocycles. The fraction of sp³-hybridized carbons (Fsp3) is 0.286. The van der Waals surface area contributed by atoms with Crippen LogP contribution in [-0.2, 0) is 0 Å². The van der Waals surface area contributed by atoms with Crippen LogP contribution in [0, 0.1) is 11.3 Å². The second kappa shape index (κ2) is 2.88. The highest BCUT2D eigenvalue weighted by molar-refractivity contribution is 7.84. The minimum absolute atomic E-state index is 0.0968. The maximum atomic E-state index is 12.9. The molecular weight excluding hydrogens is 185 g/mol. The van der Waals surface area contributed by atoms with E-state index in [0.717, 1.165) is 0 Å². The summed E-state index contributed by atoms with van der Waals surface area (Å²) in [6.07, 6.45) is 2.50. The molecule has 0 fully saturated rings. The molecule has 58 valence electrons. The van der Waals surface area contributed by atoms with Crippen LogP contribution < -0.4 is 0 Å². The van der Waals surface area contributed by atoms with Gasteiger partial charge in [-0.25, -0.2) is 4.39 Å². The summed E-state index contributed by atoms with van der Waals surface area (Å²) < 4.78 is 12.9. The van der Waals surface area contributed by atoms with E-state index in [4.69, 9.17) is 16.9 Å². The molecule has 0 aromatic carbocycles. The Morgan fingerprint density at radius 2 is 2.45 bits per heavy atom. The Kier molecular flexibility index (Phi) is 2.26. The van der Waals surface area contributed by atoms with Crippen molar-refractivity contribution in [1.29, 1.82) is 5.26 Å². The number of hydrogen-bond donors (Lipinski definition) is 1. The Bertz CT molecular complexity index is 275. The zero-order chi connectivity index (χ0) is 8.48. The van der Waals surface area contributed by atoms with Gasteiger partial charge in [0.2, 0.25) is 5.13 Å². The predicted octanol–water partition coefficient (Wildman–Crippen LogP) is 2.56. The largest absolute Gasteiger partial charge is 0.221 e. The molecule has 4 heteroatoms. The minimum Gasteiger partial charge on any atom is -0.221 e. The van der Waals surface area contributed by atoms with Crippen LogP contribution in [0.1, 0.15) is 6.42 Å². The highest BCUT2D eigenvalue weighted by Gasteiger charge is 2.28. The second-order valence-corrected chi connectivity index (χ2v) is 3.36. The van der Waals surface area contributed by atoms with Crippen LogP contribution >= 0.6 is 24.2 Å². The Balaban J connectivity index is 2.95. The molecule has 1 rings (SSSR count). The molecule has 1 atom stereocenters. The molecule has 0 saturated carbocycles. The zero-order valence-corrected chi connectivity index (χ0v) is 7.16. The van der Waals surface area contributed by atoms with E-state index in [-0.39, 0.29) is 12.0 Å². The average Bonchev–Trinajstić information content (AvgIpc) is 1.94. The SMILES string of the molecule is N#CC1=C(S)C=CC(F)(Cl)C1. The highest BCUT2D eigenvalue weighted by atomic mass is 35.5. The van der Waals surface area contributed by atoms with Crippen LogP contribution in [0.2, 0.25) is 0 Å². The summed E-state index contributed by atoms with van der Waals surface area (Å²) in [6, 6.07) is 1.84. The van der Waals surface area contributed by atoms with Gasteiger partial charge in [0.05, 0.1) is 6.07 Å². The van der Waals surface area contributed by atoms with Crippen LogP contribution in [-0.4, -0.2) is 5.13 Å². The number of hydrogen-bond acceptors (Lipinski definition) is 2. The van der Waals surface area contributed by atoms with Gasteiger partial charge < -0.3 is 0 Å². The molecule has 0 aromatic rings. The van der Waals surface area contributed by atoms with Gasteiger partial charge in [-0.15, -0.1) is 12.6 Å². The van der Waals surface area contributed by atoms with Gasteiger partial charge >= 0.3 is 0 Å². The van der Waals surface area contributed by atoms with Crippen LogP contribution in [0.3, 0.4) is 0 Å². The van der Waals surface area contributed by atoms with E-state index < -0.39 is 5.13 Å². The monoisotopic (exact) mass is 189 g/mol. The molecule has 0 aromatic heterocycles. The van der Waals surface area contributed by atoms with E-state index in [1.165, 1.54) is 12.2 Å². The van der Waals surface area contributed by atoms with Gasteiger partial charge in [-0.3, -0.25) is 0 Å². The molecule has 0 saturated heterocycles. The van der Waals surface area contributed by atoms with Gasteiger partial charge in [0.15, 0.2) is 0 Å². The summed E-state index contributed by atoms with van der Waals surface area (Å²) in [6.45, 7) is 0. The lowest BCUT2D eigenvalue weighted by Crippen LogP contribution is -2.14. The molecule has 1 aliphatic rings. The summed E-state index contributed by atoms with van der Waals surface area (Å²) in [7, 11) is 0. The van der Waals surface area contributed by atoms with Crippen molar-refractivity contribution in [2.45, 2.75) is 11.5 Å². The Labute approximate surface area is 74.6 Å². The fourth-order valence-electron chi connectivity index (χ4n) is 0.783. The fourth-order valence-corrected chi connectivity index (χ4v) is 1.18. The Morgan fingerprint density at radius 3 is 2.91 bits per heavy atom. The van der Waals surface area contributed by atoms with E-state index in [1.54, 1.807) is 0 Å². The van der Waals surface area contributed by atoms with Crippen molar-refractivity contribution >= 4 is 24.2 Å². The van der Waals surface area contributed by atoms with Gasteiger partial charge in [0.1, 0.15) is 0 Å². The number of rotatable bonds is 0. The predicted molar refractivity (Wildman–Crippen MR) is 45.1 cm³/mol. The van der Waals surface area contributed by atoms with Gasteiger partial charge in [-0.2, -0.15) is 5.26 Å². The van der Waals surface area contributed by atoms with Crippen molar-refractivity contribution in [1.82, 2.24) is 0 Å². The normalized spacial score (nSPS) is 30.4. The Morgan fingerprint density at radius 1 is 1.82 bits per heavy atom. The van der Waals surface area contributed by atoms with Gasteiger partial charge in [-0.1, -0.05) is 11.6 Å². The molecular formula is C7H5ClFNS. The smallest absolute Gasteiger partial charge is 0.207 e. The number of halogens is 2. The maximum absolute atomic E-state index is 12.9. The number of thiol groups is 1. The maximum Gasteiger partial charge on any atom is 0.207 e. The second-order valence-electron chi connectivity index (χ2n) is 2.25. The first-order chi connectivity index (χ1) is 5.05. The molecule has 0 N–H and O–H groups in total. The first-order valence-corrected chi connectivity index (χ1v) is 3.77. The van der Waals surface area contributed by atoms with E-state index in [2.05, 4.69) is 12.6 Å². The molecule has 11 heavy (non-hydrogen) atoms. The quantitative estimate of drug-likeness (QED) is 0.460. The van der Waals surface area contributed by atoms with Crippen molar-refractivity contribution in [2.24, 2.45) is 0 Å². The van der Waals surface area contributed by atoms with E-state index in [9.17, 15) is 4.39 Å². The molecule has 0 aliphatic heterocycles. The lowest BCUT2D eigenvalue weighted by Gasteiger charge is -2.16. The summed E-state index contributed by atoms with van der Waals surface area (Å²) in [5.74, 6) is 0. The molecule has 0 amide bonds. The molecule has 1 nitrogen and oxygen atoms in total. The number of alkyl halides is 2. The topological polar surface area (TPSA) is 23.8 Å². The number of allylic oxidation sites excluding steroid dienone is 3. The van der Waals surface area contributed by atoms with Gasteiger partial charge in [0.25, 0.3) is 0 Å². The summed E-state index contributed by atoms with van der Waals surface area (Å²) >= 11 is 9.30. The van der Waals surface area contributed by atoms with Crippen LogP contribution in [0.15, 0.2) is 22.6 Å². The van der Waals surface area contributed by atoms with Crippen molar-refractivity contribution < 1.29 is 4.39 Å². The van der Waals surface area contributed by atoms with Crippen molar-refractivity contribution in [3.05, 3.63) is 22.6 Å². The third-order valence-electron chi connectivity index (χ3n) is 1.34. The summed E-state index contributed by atoms with van der Waals surface area (Å²) in [5.41, 5.74) is 0.285. The number of nitriles is 1. The first-order valence-electron chi connectivity index (χ1n) is 2.94. The average molecular weight is 190 g/mol. The van der Waals surface area contributed by atoms with Gasteiger partial charge in [-0.05, 0) is 12.2 Å². The molecule has 1 aliphatic carbocycles. The van der Waals surface area contributed by atoms with E-state index in [1.807, 2.05) is 6.07 Å². The minimum atomic E-state index is -1.91. The standard InChI is InChI=1S/C7H5ClFNS/c8-7(9)2-1-6(11)5(3-7)4-10/h1-2,11H,3H2. The highest BCUT2D eigenvalue weighted by Crippen LogP contribution is 2.34. The number of nitrogens with zero attached hydrogens (tertiary/aromatic N) is 1. The van der Waals surface area contributed by atoms with E-state index in [0.29, 0.717) is 4.91 Å². The molecule has 0 radical (unpaired) electrons. The third-order valence-corrected chi connectivity index (χ3v) is 2.02. The van der Waals surface area contributed by atoms with Crippen LogP contribution in [0.4, 0.5) is 4.39 Å². The van der Waals surface area contributed by atoms with Crippen LogP contribution in [0.5, 0.6) is 0 Å². The zero-order valence-electron chi connectivity index (χ0n) is 5.51. The lowest BCUT2D eigenvalue weighted by molar-refractivity contribution is 0.343. The molecule has 0 spiro atoms. The van der Waals surface area contributed by atoms with Crippen LogP contribution in [0.25, 0.3) is 0 Å². The molecule has 1 unspecified atom stereocenters. The lowest BCUT2D eigenvalue weighted by atomic mass is 10.0. The van der Waals surface area contributed by atoms with Crippen molar-refractivity contribution in [3.63, 3.8) is 0 Å².